The van der Waals surface area contributed by atoms with Crippen molar-refractivity contribution in [2.45, 2.75) is 6.92 Å². The molecule has 0 aliphatic heterocycles. The Bertz CT molecular complexity index is 1660. The highest BCUT2D eigenvalue weighted by Gasteiger charge is 2.15. The Morgan fingerprint density at radius 3 is 1.54 bits per heavy atom. The van der Waals surface area contributed by atoms with E-state index in [2.05, 4.69) is 151 Å². The normalized spacial score (nSPS) is 10.8. The molecule has 6 aromatic rings. The molecule has 2 heteroatoms. The lowest BCUT2D eigenvalue weighted by Crippen LogP contribution is -2.00. The second-order valence-electron chi connectivity index (χ2n) is 9.27. The van der Waals surface area contributed by atoms with Gasteiger partial charge in [-0.05, 0) is 59.3 Å². The molecule has 2 nitrogen and oxygen atoms in total. The van der Waals surface area contributed by atoms with E-state index in [0.717, 1.165) is 33.9 Å². The van der Waals surface area contributed by atoms with Crippen molar-refractivity contribution >= 4 is 33.5 Å². The number of nitrogens with one attached hydrogen (secondary N) is 2. The van der Waals surface area contributed by atoms with Gasteiger partial charge in [0.2, 0.25) is 0 Å². The van der Waals surface area contributed by atoms with E-state index in [9.17, 15) is 0 Å². The van der Waals surface area contributed by atoms with Crippen LogP contribution in [0.5, 0.6) is 0 Å². The Labute approximate surface area is 218 Å². The summed E-state index contributed by atoms with van der Waals surface area (Å²) in [6.07, 6.45) is 0. The zero-order valence-corrected chi connectivity index (χ0v) is 20.8. The van der Waals surface area contributed by atoms with Gasteiger partial charge in [0.15, 0.2) is 0 Å². The number of benzene rings is 6. The standard InChI is InChI=1S/C35H28N2/c1-25-21-22-33(30-20-12-11-19-29(25)30)37-35-24-34(36-28-17-9-4-10-18-28)31(26-13-5-2-6-14-26)23-32(35)27-15-7-3-8-16-27/h2-24,36-37H,1H3. The molecule has 0 spiro atoms. The first-order valence-electron chi connectivity index (χ1n) is 12.6. The van der Waals surface area contributed by atoms with E-state index in [1.807, 2.05) is 6.07 Å². The molecule has 0 heterocycles. The summed E-state index contributed by atoms with van der Waals surface area (Å²) in [5.74, 6) is 0. The largest absolute Gasteiger partial charge is 0.355 e. The van der Waals surface area contributed by atoms with Gasteiger partial charge in [-0.2, -0.15) is 0 Å². The van der Waals surface area contributed by atoms with Crippen molar-refractivity contribution < 1.29 is 0 Å². The third-order valence-corrected chi connectivity index (χ3v) is 6.79. The average molecular weight is 477 g/mol. The molecule has 178 valence electrons. The van der Waals surface area contributed by atoms with E-state index in [-0.39, 0.29) is 0 Å². The summed E-state index contributed by atoms with van der Waals surface area (Å²) in [4.78, 5) is 0. The average Bonchev–Trinajstić information content (AvgIpc) is 2.96. The van der Waals surface area contributed by atoms with Crippen LogP contribution in [0.4, 0.5) is 22.7 Å². The van der Waals surface area contributed by atoms with E-state index in [1.54, 1.807) is 0 Å². The van der Waals surface area contributed by atoms with Crippen molar-refractivity contribution in [2.75, 3.05) is 10.6 Å². The van der Waals surface area contributed by atoms with Gasteiger partial charge in [0.25, 0.3) is 0 Å². The predicted molar refractivity (Wildman–Crippen MR) is 159 cm³/mol. The minimum absolute atomic E-state index is 1.05. The van der Waals surface area contributed by atoms with Crippen molar-refractivity contribution in [1.82, 2.24) is 0 Å². The molecule has 0 unspecified atom stereocenters. The molecule has 6 rings (SSSR count). The zero-order valence-electron chi connectivity index (χ0n) is 20.8. The Kier molecular flexibility index (Phi) is 6.14. The smallest absolute Gasteiger partial charge is 0.0485 e. The highest BCUT2D eigenvalue weighted by atomic mass is 14.9. The van der Waals surface area contributed by atoms with Gasteiger partial charge < -0.3 is 10.6 Å². The minimum atomic E-state index is 1.05. The molecule has 0 amide bonds. The van der Waals surface area contributed by atoms with Crippen molar-refractivity contribution in [2.24, 2.45) is 0 Å². The minimum Gasteiger partial charge on any atom is -0.355 e. The highest BCUT2D eigenvalue weighted by Crippen LogP contribution is 2.41. The van der Waals surface area contributed by atoms with Crippen LogP contribution in [0.25, 0.3) is 33.0 Å². The molecular weight excluding hydrogens is 448 g/mol. The third kappa shape index (κ3) is 4.70. The summed E-state index contributed by atoms with van der Waals surface area (Å²) in [6.45, 7) is 2.16. The van der Waals surface area contributed by atoms with Gasteiger partial charge in [-0.25, -0.2) is 0 Å². The molecule has 0 radical (unpaired) electrons. The predicted octanol–water partition coefficient (Wildman–Crippen LogP) is 9.97. The van der Waals surface area contributed by atoms with Crippen LogP contribution in [0, 0.1) is 6.92 Å². The van der Waals surface area contributed by atoms with Crippen LogP contribution in [0.1, 0.15) is 5.56 Å². The first kappa shape index (κ1) is 22.6. The van der Waals surface area contributed by atoms with E-state index < -0.39 is 0 Å². The van der Waals surface area contributed by atoms with Crippen LogP contribution in [0.2, 0.25) is 0 Å². The molecule has 0 bridgehead atoms. The fourth-order valence-corrected chi connectivity index (χ4v) is 4.90. The molecule has 0 atom stereocenters. The number of hydrogen-bond acceptors (Lipinski definition) is 2. The van der Waals surface area contributed by atoms with E-state index in [1.165, 1.54) is 27.5 Å². The first-order valence-corrected chi connectivity index (χ1v) is 12.6. The molecule has 0 fully saturated rings. The molecular formula is C35H28N2. The third-order valence-electron chi connectivity index (χ3n) is 6.79. The number of para-hydroxylation sites is 1. The van der Waals surface area contributed by atoms with Crippen LogP contribution < -0.4 is 10.6 Å². The number of fused-ring (bicyclic) bond motifs is 1. The van der Waals surface area contributed by atoms with Crippen molar-refractivity contribution in [3.8, 4) is 22.3 Å². The monoisotopic (exact) mass is 476 g/mol. The summed E-state index contributed by atoms with van der Waals surface area (Å²) in [5, 5.41) is 9.96. The van der Waals surface area contributed by atoms with E-state index in [4.69, 9.17) is 0 Å². The lowest BCUT2D eigenvalue weighted by atomic mass is 9.95. The molecule has 0 saturated heterocycles. The molecule has 0 aliphatic rings. The van der Waals surface area contributed by atoms with Gasteiger partial charge in [-0.15, -0.1) is 0 Å². The summed E-state index contributed by atoms with van der Waals surface area (Å²) in [6, 6.07) is 49.0. The first-order chi connectivity index (χ1) is 18.3. The summed E-state index contributed by atoms with van der Waals surface area (Å²) in [7, 11) is 0. The van der Waals surface area contributed by atoms with Gasteiger partial charge in [-0.1, -0.05) is 109 Å². The van der Waals surface area contributed by atoms with Crippen LogP contribution in [-0.2, 0) is 0 Å². The molecule has 0 aromatic heterocycles. The maximum Gasteiger partial charge on any atom is 0.0485 e. The molecule has 2 N–H and O–H groups in total. The van der Waals surface area contributed by atoms with Crippen LogP contribution in [0.3, 0.4) is 0 Å². The SMILES string of the molecule is Cc1ccc(Nc2cc(Nc3ccccc3)c(-c3ccccc3)cc2-c2ccccc2)c2ccccc12. The van der Waals surface area contributed by atoms with Crippen molar-refractivity contribution in [3.63, 3.8) is 0 Å². The molecule has 6 aromatic carbocycles. The highest BCUT2D eigenvalue weighted by molar-refractivity contribution is 6.00. The molecule has 0 saturated carbocycles. The Hall–Kier alpha value is -4.82. The number of rotatable bonds is 6. The Balaban J connectivity index is 1.56. The second kappa shape index (κ2) is 10.0. The quantitative estimate of drug-likeness (QED) is 0.250. The lowest BCUT2D eigenvalue weighted by molar-refractivity contribution is 1.48. The topological polar surface area (TPSA) is 24.1 Å². The van der Waals surface area contributed by atoms with Gasteiger partial charge in [0, 0.05) is 39.3 Å². The van der Waals surface area contributed by atoms with Gasteiger partial charge in [0.1, 0.15) is 0 Å². The van der Waals surface area contributed by atoms with E-state index >= 15 is 0 Å². The van der Waals surface area contributed by atoms with Crippen molar-refractivity contribution in [3.05, 3.63) is 145 Å². The summed E-state index contributed by atoms with van der Waals surface area (Å²) >= 11 is 0. The van der Waals surface area contributed by atoms with Crippen LogP contribution in [0.15, 0.2) is 140 Å². The lowest BCUT2D eigenvalue weighted by Gasteiger charge is -2.20. The van der Waals surface area contributed by atoms with E-state index in [0.29, 0.717) is 0 Å². The van der Waals surface area contributed by atoms with Crippen LogP contribution in [-0.4, -0.2) is 0 Å². The summed E-state index contributed by atoms with van der Waals surface area (Å²) in [5.41, 5.74) is 10.2. The second-order valence-corrected chi connectivity index (χ2v) is 9.27. The number of hydrogen-bond donors (Lipinski definition) is 2. The fourth-order valence-electron chi connectivity index (χ4n) is 4.90. The summed E-state index contributed by atoms with van der Waals surface area (Å²) < 4.78 is 0. The van der Waals surface area contributed by atoms with Crippen molar-refractivity contribution in [1.29, 1.82) is 0 Å². The van der Waals surface area contributed by atoms with Crippen LogP contribution >= 0.6 is 0 Å². The molecule has 37 heavy (non-hydrogen) atoms. The maximum absolute atomic E-state index is 3.81. The van der Waals surface area contributed by atoms with Gasteiger partial charge >= 0.3 is 0 Å². The van der Waals surface area contributed by atoms with Gasteiger partial charge in [-0.3, -0.25) is 0 Å². The number of anilines is 4. The Morgan fingerprint density at radius 2 is 0.919 bits per heavy atom. The number of aryl methyl sites for hydroxylation is 1. The Morgan fingerprint density at radius 1 is 0.405 bits per heavy atom. The van der Waals surface area contributed by atoms with Gasteiger partial charge in [0.05, 0.1) is 0 Å². The zero-order chi connectivity index (χ0) is 25.0. The maximum atomic E-state index is 3.81. The fraction of sp³-hybridized carbons (Fsp3) is 0.0286. The molecule has 0 aliphatic carbocycles.